The number of benzene rings is 4. The van der Waals surface area contributed by atoms with Gasteiger partial charge in [-0.25, -0.2) is 16.8 Å². The van der Waals surface area contributed by atoms with Gasteiger partial charge < -0.3 is 5.11 Å². The number of sulfonamides is 2. The second-order valence-corrected chi connectivity index (χ2v) is 13.0. The number of nitrogens with one attached hydrogen (secondary N) is 2. The van der Waals surface area contributed by atoms with E-state index in [0.717, 1.165) is 11.1 Å². The second-order valence-electron chi connectivity index (χ2n) is 9.65. The molecule has 0 heterocycles. The first-order valence-corrected chi connectivity index (χ1v) is 16.0. The lowest BCUT2D eigenvalue weighted by Crippen LogP contribution is -2.16. The van der Waals surface area contributed by atoms with Crippen molar-refractivity contribution in [3.63, 3.8) is 0 Å². The summed E-state index contributed by atoms with van der Waals surface area (Å²) in [6, 6.07) is 26.8. The third kappa shape index (κ3) is 8.35. The Balaban J connectivity index is 1.37. The molecular formula is C31H32N4O5S2. The van der Waals surface area contributed by atoms with Gasteiger partial charge in [0.2, 0.25) is 0 Å². The van der Waals surface area contributed by atoms with E-state index in [-0.39, 0.29) is 22.9 Å². The summed E-state index contributed by atoms with van der Waals surface area (Å²) in [5.74, 6) is 0. The highest BCUT2D eigenvalue weighted by atomic mass is 32.2. The Morgan fingerprint density at radius 1 is 0.619 bits per heavy atom. The number of aliphatic imine (C=N–C) groups is 2. The molecule has 4 rings (SSSR count). The van der Waals surface area contributed by atoms with Crippen molar-refractivity contribution in [3.8, 4) is 0 Å². The molecule has 0 saturated carbocycles. The van der Waals surface area contributed by atoms with E-state index < -0.39 is 26.2 Å². The van der Waals surface area contributed by atoms with Gasteiger partial charge in [0.15, 0.2) is 0 Å². The van der Waals surface area contributed by atoms with Crippen molar-refractivity contribution in [1.82, 2.24) is 0 Å². The molecule has 0 amide bonds. The molecule has 0 aliphatic rings. The van der Waals surface area contributed by atoms with Gasteiger partial charge in [0, 0.05) is 23.6 Å². The first kappa shape index (κ1) is 30.6. The van der Waals surface area contributed by atoms with E-state index in [1.54, 1.807) is 97.1 Å². The van der Waals surface area contributed by atoms with Gasteiger partial charge in [-0.2, -0.15) is 0 Å². The molecule has 0 fully saturated rings. The van der Waals surface area contributed by atoms with Gasteiger partial charge >= 0.3 is 0 Å². The fourth-order valence-electron chi connectivity index (χ4n) is 3.85. The molecule has 11 heteroatoms. The average molecular weight is 605 g/mol. The highest BCUT2D eigenvalue weighted by molar-refractivity contribution is 7.93. The van der Waals surface area contributed by atoms with Crippen molar-refractivity contribution >= 4 is 43.9 Å². The molecule has 0 bridgehead atoms. The molecule has 3 N–H and O–H groups in total. The van der Waals surface area contributed by atoms with Crippen LogP contribution in [0.25, 0.3) is 0 Å². The summed E-state index contributed by atoms with van der Waals surface area (Å²) in [7, 11) is -7.58. The first-order chi connectivity index (χ1) is 20.0. The van der Waals surface area contributed by atoms with Crippen LogP contribution in [0.1, 0.15) is 22.3 Å². The largest absolute Gasteiger partial charge is 0.389 e. The van der Waals surface area contributed by atoms with Crippen molar-refractivity contribution in [2.45, 2.75) is 29.7 Å². The molecule has 218 valence electrons. The van der Waals surface area contributed by atoms with Crippen molar-refractivity contribution in [3.05, 3.63) is 119 Å². The van der Waals surface area contributed by atoms with Gasteiger partial charge in [0.1, 0.15) is 0 Å². The molecule has 0 spiro atoms. The third-order valence-electron chi connectivity index (χ3n) is 6.17. The molecule has 9 nitrogen and oxygen atoms in total. The van der Waals surface area contributed by atoms with Crippen LogP contribution in [0.2, 0.25) is 0 Å². The Hall–Kier alpha value is -4.32. The lowest BCUT2D eigenvalue weighted by Gasteiger charge is -2.11. The summed E-state index contributed by atoms with van der Waals surface area (Å²) in [6.45, 7) is 3.81. The zero-order valence-corrected chi connectivity index (χ0v) is 24.8. The number of hydrogen-bond acceptors (Lipinski definition) is 7. The maximum atomic E-state index is 12.8. The van der Waals surface area contributed by atoms with E-state index in [1.165, 1.54) is 12.4 Å². The Kier molecular flexibility index (Phi) is 9.89. The van der Waals surface area contributed by atoms with Crippen LogP contribution in [0.5, 0.6) is 0 Å². The SMILES string of the molecule is Cc1ccc(S(=O)(=O)Nc2ccccc2C=NCC(O)CN=Cc2ccccc2NS(=O)(=O)c2ccc(C)cc2)cc1. The molecule has 0 aliphatic heterocycles. The van der Waals surface area contributed by atoms with Crippen molar-refractivity contribution in [2.24, 2.45) is 9.98 Å². The smallest absolute Gasteiger partial charge is 0.261 e. The van der Waals surface area contributed by atoms with Crippen LogP contribution in [-0.2, 0) is 20.0 Å². The molecule has 0 radical (unpaired) electrons. The summed E-state index contributed by atoms with van der Waals surface area (Å²) >= 11 is 0. The Morgan fingerprint density at radius 2 is 0.976 bits per heavy atom. The normalized spacial score (nSPS) is 12.9. The summed E-state index contributed by atoms with van der Waals surface area (Å²) in [5, 5.41) is 10.4. The summed E-state index contributed by atoms with van der Waals surface area (Å²) < 4.78 is 56.5. The van der Waals surface area contributed by atoms with Gasteiger partial charge in [-0.05, 0) is 50.2 Å². The Labute approximate surface area is 246 Å². The van der Waals surface area contributed by atoms with Crippen LogP contribution in [0, 0.1) is 13.8 Å². The number of para-hydroxylation sites is 2. The van der Waals surface area contributed by atoms with Gasteiger partial charge in [0.05, 0.1) is 40.4 Å². The van der Waals surface area contributed by atoms with E-state index >= 15 is 0 Å². The number of aliphatic hydroxyl groups is 1. The summed E-state index contributed by atoms with van der Waals surface area (Å²) in [6.07, 6.45) is 2.08. The van der Waals surface area contributed by atoms with Crippen LogP contribution < -0.4 is 9.44 Å². The minimum atomic E-state index is -3.79. The standard InChI is InChI=1S/C31H32N4O5S2/c1-23-11-15-28(16-12-23)41(37,38)34-30-9-5-3-7-25(30)19-32-21-27(36)22-33-20-26-8-4-6-10-31(26)35-42(39,40)29-17-13-24(2)14-18-29/h3-20,27,34-36H,21-22H2,1-2H3. The lowest BCUT2D eigenvalue weighted by atomic mass is 10.2. The molecule has 4 aromatic carbocycles. The number of aryl methyl sites for hydroxylation is 2. The maximum Gasteiger partial charge on any atom is 0.261 e. The van der Waals surface area contributed by atoms with Crippen LogP contribution in [0.4, 0.5) is 11.4 Å². The minimum Gasteiger partial charge on any atom is -0.389 e. The van der Waals surface area contributed by atoms with Gasteiger partial charge in [-0.3, -0.25) is 19.4 Å². The van der Waals surface area contributed by atoms with Gasteiger partial charge in [-0.1, -0.05) is 71.8 Å². The summed E-state index contributed by atoms with van der Waals surface area (Å²) in [5.41, 5.74) is 3.71. The Morgan fingerprint density at radius 3 is 1.36 bits per heavy atom. The molecule has 42 heavy (non-hydrogen) atoms. The monoisotopic (exact) mass is 604 g/mol. The van der Waals surface area contributed by atoms with Crippen molar-refractivity contribution < 1.29 is 21.9 Å². The molecule has 0 aromatic heterocycles. The van der Waals surface area contributed by atoms with E-state index in [9.17, 15) is 21.9 Å². The van der Waals surface area contributed by atoms with E-state index in [4.69, 9.17) is 0 Å². The molecule has 0 unspecified atom stereocenters. The van der Waals surface area contributed by atoms with Gasteiger partial charge in [-0.15, -0.1) is 0 Å². The zero-order valence-electron chi connectivity index (χ0n) is 23.2. The maximum absolute atomic E-state index is 12.8. The van der Waals surface area contributed by atoms with Crippen LogP contribution in [0.3, 0.4) is 0 Å². The van der Waals surface area contributed by atoms with Crippen LogP contribution in [-0.4, -0.2) is 53.6 Å². The fourth-order valence-corrected chi connectivity index (χ4v) is 6.03. The number of anilines is 2. The van der Waals surface area contributed by atoms with Gasteiger partial charge in [0.25, 0.3) is 20.0 Å². The third-order valence-corrected chi connectivity index (χ3v) is 8.93. The summed E-state index contributed by atoms with van der Waals surface area (Å²) in [4.78, 5) is 8.85. The highest BCUT2D eigenvalue weighted by Gasteiger charge is 2.16. The number of hydrogen-bond donors (Lipinski definition) is 3. The topological polar surface area (TPSA) is 137 Å². The molecule has 0 aliphatic carbocycles. The number of rotatable bonds is 12. The molecule has 0 atom stereocenters. The number of aliphatic hydroxyl groups excluding tert-OH is 1. The predicted molar refractivity (Wildman–Crippen MR) is 168 cm³/mol. The van der Waals surface area contributed by atoms with E-state index in [0.29, 0.717) is 22.5 Å². The second kappa shape index (κ2) is 13.6. The number of nitrogens with zero attached hydrogens (tertiary/aromatic N) is 2. The van der Waals surface area contributed by atoms with E-state index in [2.05, 4.69) is 19.4 Å². The average Bonchev–Trinajstić information content (AvgIpc) is 2.95. The highest BCUT2D eigenvalue weighted by Crippen LogP contribution is 2.21. The van der Waals surface area contributed by atoms with Crippen molar-refractivity contribution in [2.75, 3.05) is 22.5 Å². The lowest BCUT2D eigenvalue weighted by molar-refractivity contribution is 0.193. The molecule has 0 saturated heterocycles. The predicted octanol–water partition coefficient (Wildman–Crippen LogP) is 4.80. The Bertz CT molecular complexity index is 1650. The minimum absolute atomic E-state index is 0.0259. The quantitative estimate of drug-likeness (QED) is 0.200. The zero-order chi connectivity index (χ0) is 30.2. The first-order valence-electron chi connectivity index (χ1n) is 13.1. The van der Waals surface area contributed by atoms with Crippen molar-refractivity contribution in [1.29, 1.82) is 0 Å². The molecular weight excluding hydrogens is 572 g/mol. The van der Waals surface area contributed by atoms with Crippen LogP contribution >= 0.6 is 0 Å². The fraction of sp³-hybridized carbons (Fsp3) is 0.161. The van der Waals surface area contributed by atoms with Crippen LogP contribution in [0.15, 0.2) is 117 Å². The van der Waals surface area contributed by atoms with E-state index in [1.807, 2.05) is 13.8 Å². The molecule has 4 aromatic rings.